The number of carbonyl (C=O) groups is 2. The Morgan fingerprint density at radius 2 is 1.86 bits per heavy atom. The maximum absolute atomic E-state index is 12.4. The van der Waals surface area contributed by atoms with Crippen LogP contribution >= 0.6 is 0 Å². The summed E-state index contributed by atoms with van der Waals surface area (Å²) in [5.74, 6) is -0.298. The van der Waals surface area contributed by atoms with Crippen molar-refractivity contribution in [1.82, 2.24) is 30.2 Å². The standard InChI is InChI=1S/C20H24N6O2/c1-12-18(13(2)26(5)24-12)16-10-17(23-22-16)19(27)21-11-14-6-8-15(9-7-14)20(28)25(3)4/h6-10H,11H2,1-5H3,(H,21,27)(H,22,23). The predicted octanol–water partition coefficient (Wildman–Crippen LogP) is 2.06. The van der Waals surface area contributed by atoms with Crippen LogP contribution in [0.25, 0.3) is 11.3 Å². The quantitative estimate of drug-likeness (QED) is 0.708. The maximum Gasteiger partial charge on any atom is 0.269 e. The topological polar surface area (TPSA) is 95.9 Å². The number of benzene rings is 1. The molecule has 0 saturated heterocycles. The average Bonchev–Trinajstić information content (AvgIpc) is 3.24. The first-order valence-corrected chi connectivity index (χ1v) is 8.92. The first-order chi connectivity index (χ1) is 13.3. The molecule has 0 fully saturated rings. The van der Waals surface area contributed by atoms with E-state index in [1.807, 2.05) is 33.0 Å². The van der Waals surface area contributed by atoms with Gasteiger partial charge < -0.3 is 10.2 Å². The lowest BCUT2D eigenvalue weighted by Gasteiger charge is -2.10. The Hall–Kier alpha value is -3.42. The summed E-state index contributed by atoms with van der Waals surface area (Å²) in [7, 11) is 5.30. The molecule has 28 heavy (non-hydrogen) atoms. The summed E-state index contributed by atoms with van der Waals surface area (Å²) in [6, 6.07) is 8.90. The van der Waals surface area contributed by atoms with Gasteiger partial charge in [-0.15, -0.1) is 0 Å². The fraction of sp³-hybridized carbons (Fsp3) is 0.300. The van der Waals surface area contributed by atoms with Crippen molar-refractivity contribution >= 4 is 11.8 Å². The number of rotatable bonds is 5. The number of nitrogens with zero attached hydrogens (tertiary/aromatic N) is 4. The third-order valence-electron chi connectivity index (χ3n) is 4.65. The minimum Gasteiger partial charge on any atom is -0.347 e. The van der Waals surface area contributed by atoms with Gasteiger partial charge in [0, 0.05) is 44.5 Å². The van der Waals surface area contributed by atoms with Crippen LogP contribution in [-0.2, 0) is 13.6 Å². The third kappa shape index (κ3) is 3.80. The summed E-state index contributed by atoms with van der Waals surface area (Å²) >= 11 is 0. The van der Waals surface area contributed by atoms with Gasteiger partial charge in [-0.05, 0) is 37.6 Å². The second-order valence-corrected chi connectivity index (χ2v) is 6.92. The van der Waals surface area contributed by atoms with E-state index < -0.39 is 0 Å². The van der Waals surface area contributed by atoms with Crippen LogP contribution in [0, 0.1) is 13.8 Å². The molecule has 0 spiro atoms. The number of hydrogen-bond donors (Lipinski definition) is 2. The Balaban J connectivity index is 1.66. The van der Waals surface area contributed by atoms with Gasteiger partial charge in [-0.2, -0.15) is 10.2 Å². The van der Waals surface area contributed by atoms with Crippen molar-refractivity contribution in [2.45, 2.75) is 20.4 Å². The van der Waals surface area contributed by atoms with Crippen LogP contribution in [0.3, 0.4) is 0 Å². The van der Waals surface area contributed by atoms with E-state index in [2.05, 4.69) is 20.6 Å². The Labute approximate surface area is 163 Å². The van der Waals surface area contributed by atoms with Crippen LogP contribution in [0.4, 0.5) is 0 Å². The van der Waals surface area contributed by atoms with Gasteiger partial charge in [-0.3, -0.25) is 19.4 Å². The lowest BCUT2D eigenvalue weighted by atomic mass is 10.1. The number of H-pyrrole nitrogens is 1. The Kier molecular flexibility index (Phi) is 5.30. The van der Waals surface area contributed by atoms with Crippen molar-refractivity contribution in [2.24, 2.45) is 7.05 Å². The second kappa shape index (κ2) is 7.67. The SMILES string of the molecule is Cc1nn(C)c(C)c1-c1cc(C(=O)NCc2ccc(C(=O)N(C)C)cc2)[nH]n1. The van der Waals surface area contributed by atoms with E-state index in [0.717, 1.165) is 22.5 Å². The van der Waals surface area contributed by atoms with E-state index in [0.29, 0.717) is 23.5 Å². The van der Waals surface area contributed by atoms with Crippen LogP contribution in [0.1, 0.15) is 37.8 Å². The third-order valence-corrected chi connectivity index (χ3v) is 4.65. The van der Waals surface area contributed by atoms with E-state index in [1.54, 1.807) is 37.0 Å². The molecule has 2 amide bonds. The number of aryl methyl sites for hydroxylation is 2. The van der Waals surface area contributed by atoms with Crippen LogP contribution in [-0.4, -0.2) is 50.8 Å². The molecule has 0 radical (unpaired) electrons. The molecule has 2 N–H and O–H groups in total. The van der Waals surface area contributed by atoms with Crippen LogP contribution in [0.2, 0.25) is 0 Å². The Bertz CT molecular complexity index is 1010. The van der Waals surface area contributed by atoms with Gasteiger partial charge >= 0.3 is 0 Å². The summed E-state index contributed by atoms with van der Waals surface area (Å²) in [6.45, 7) is 4.24. The number of carbonyl (C=O) groups excluding carboxylic acids is 2. The Morgan fingerprint density at radius 3 is 2.43 bits per heavy atom. The summed E-state index contributed by atoms with van der Waals surface area (Å²) < 4.78 is 1.80. The highest BCUT2D eigenvalue weighted by molar-refractivity contribution is 5.94. The van der Waals surface area contributed by atoms with Crippen LogP contribution in [0.15, 0.2) is 30.3 Å². The van der Waals surface area contributed by atoms with E-state index >= 15 is 0 Å². The zero-order valence-electron chi connectivity index (χ0n) is 16.7. The average molecular weight is 380 g/mol. The highest BCUT2D eigenvalue weighted by Crippen LogP contribution is 2.25. The molecule has 0 unspecified atom stereocenters. The molecule has 0 bridgehead atoms. The number of nitrogens with one attached hydrogen (secondary N) is 2. The maximum atomic E-state index is 12.4. The number of aromatic nitrogens is 4. The zero-order chi connectivity index (χ0) is 20.4. The molecule has 0 aliphatic carbocycles. The molecule has 0 atom stereocenters. The highest BCUT2D eigenvalue weighted by atomic mass is 16.2. The summed E-state index contributed by atoms with van der Waals surface area (Å²) in [6.07, 6.45) is 0. The fourth-order valence-electron chi connectivity index (χ4n) is 3.01. The molecule has 8 heteroatoms. The molecular formula is C20H24N6O2. The molecular weight excluding hydrogens is 356 g/mol. The minimum atomic E-state index is -0.244. The number of amides is 2. The fourth-order valence-corrected chi connectivity index (χ4v) is 3.01. The molecule has 3 aromatic rings. The van der Waals surface area contributed by atoms with E-state index in [-0.39, 0.29) is 11.8 Å². The second-order valence-electron chi connectivity index (χ2n) is 6.92. The lowest BCUT2D eigenvalue weighted by molar-refractivity contribution is 0.0827. The summed E-state index contributed by atoms with van der Waals surface area (Å²) in [5.41, 5.74) is 5.38. The van der Waals surface area contributed by atoms with E-state index in [9.17, 15) is 9.59 Å². The van der Waals surface area contributed by atoms with Crippen molar-refractivity contribution in [3.8, 4) is 11.3 Å². The molecule has 0 aliphatic rings. The van der Waals surface area contributed by atoms with Crippen molar-refractivity contribution in [3.63, 3.8) is 0 Å². The van der Waals surface area contributed by atoms with E-state index in [1.165, 1.54) is 4.90 Å². The summed E-state index contributed by atoms with van der Waals surface area (Å²) in [5, 5.41) is 14.3. The first-order valence-electron chi connectivity index (χ1n) is 8.92. The summed E-state index contributed by atoms with van der Waals surface area (Å²) in [4.78, 5) is 25.9. The zero-order valence-corrected chi connectivity index (χ0v) is 16.7. The van der Waals surface area contributed by atoms with Gasteiger partial charge in [-0.1, -0.05) is 12.1 Å². The Morgan fingerprint density at radius 1 is 1.18 bits per heavy atom. The van der Waals surface area contributed by atoms with Crippen LogP contribution in [0.5, 0.6) is 0 Å². The monoisotopic (exact) mass is 380 g/mol. The number of hydrogen-bond acceptors (Lipinski definition) is 4. The molecule has 2 aromatic heterocycles. The molecule has 2 heterocycles. The van der Waals surface area contributed by atoms with Gasteiger partial charge in [0.1, 0.15) is 5.69 Å². The number of aromatic amines is 1. The van der Waals surface area contributed by atoms with Crippen molar-refractivity contribution in [2.75, 3.05) is 14.1 Å². The molecule has 3 rings (SSSR count). The lowest BCUT2D eigenvalue weighted by Crippen LogP contribution is -2.23. The minimum absolute atomic E-state index is 0.0541. The van der Waals surface area contributed by atoms with Crippen molar-refractivity contribution in [3.05, 3.63) is 58.5 Å². The largest absolute Gasteiger partial charge is 0.347 e. The first kappa shape index (κ1) is 19.3. The smallest absolute Gasteiger partial charge is 0.269 e. The van der Waals surface area contributed by atoms with E-state index in [4.69, 9.17) is 0 Å². The van der Waals surface area contributed by atoms with Gasteiger partial charge in [-0.25, -0.2) is 0 Å². The normalized spacial score (nSPS) is 10.8. The molecule has 0 saturated carbocycles. The van der Waals surface area contributed by atoms with Gasteiger partial charge in [0.15, 0.2) is 0 Å². The molecule has 0 aliphatic heterocycles. The van der Waals surface area contributed by atoms with Gasteiger partial charge in [0.05, 0.1) is 11.4 Å². The van der Waals surface area contributed by atoms with Crippen LogP contribution < -0.4 is 5.32 Å². The van der Waals surface area contributed by atoms with Crippen molar-refractivity contribution in [1.29, 1.82) is 0 Å². The molecule has 146 valence electrons. The molecule has 1 aromatic carbocycles. The van der Waals surface area contributed by atoms with Gasteiger partial charge in [0.2, 0.25) is 0 Å². The highest BCUT2D eigenvalue weighted by Gasteiger charge is 2.17. The van der Waals surface area contributed by atoms with Crippen molar-refractivity contribution < 1.29 is 9.59 Å². The predicted molar refractivity (Wildman–Crippen MR) is 106 cm³/mol. The molecule has 8 nitrogen and oxygen atoms in total. The van der Waals surface area contributed by atoms with Gasteiger partial charge in [0.25, 0.3) is 11.8 Å².